The van der Waals surface area contributed by atoms with Gasteiger partial charge in [-0.3, -0.25) is 4.79 Å². The van der Waals surface area contributed by atoms with E-state index >= 15 is 0 Å². The molecule has 0 heterocycles. The molecule has 3 fully saturated rings. The highest BCUT2D eigenvalue weighted by atomic mass is 16.5. The summed E-state index contributed by atoms with van der Waals surface area (Å²) in [7, 11) is 0. The third kappa shape index (κ3) is 4.26. The molecule has 176 valence electrons. The summed E-state index contributed by atoms with van der Waals surface area (Å²) in [5.74, 6) is 4.81. The molecule has 2 heteroatoms. The summed E-state index contributed by atoms with van der Waals surface area (Å²) in [5.41, 5.74) is 2.80. The van der Waals surface area contributed by atoms with E-state index in [0.717, 1.165) is 42.4 Å². The lowest BCUT2D eigenvalue weighted by Gasteiger charge is -2.58. The third-order valence-electron chi connectivity index (χ3n) is 10.6. The first-order valence-corrected chi connectivity index (χ1v) is 13.5. The average Bonchev–Trinajstić information content (AvgIpc) is 3.05. The number of rotatable bonds is 6. The molecule has 0 saturated heterocycles. The maximum absolute atomic E-state index is 11.5. The molecule has 0 aliphatic heterocycles. The number of allylic oxidation sites excluding steroid dienone is 2. The number of hydrogen-bond acceptors (Lipinski definition) is 2. The number of ether oxygens (including phenoxy) is 1. The fourth-order valence-corrected chi connectivity index (χ4v) is 8.84. The van der Waals surface area contributed by atoms with Crippen LogP contribution in [0.25, 0.3) is 0 Å². The molecule has 0 amide bonds. The monoisotopic (exact) mass is 428 g/mol. The maximum Gasteiger partial charge on any atom is 0.302 e. The van der Waals surface area contributed by atoms with Crippen LogP contribution in [0.1, 0.15) is 112 Å². The molecular weight excluding hydrogens is 380 g/mol. The lowest BCUT2D eigenvalue weighted by molar-refractivity contribution is -0.152. The highest BCUT2D eigenvalue weighted by molar-refractivity contribution is 5.66. The molecule has 0 aromatic rings. The minimum absolute atomic E-state index is 0.103. The van der Waals surface area contributed by atoms with Gasteiger partial charge in [-0.1, -0.05) is 65.5 Å². The second kappa shape index (κ2) is 8.86. The van der Waals surface area contributed by atoms with E-state index in [4.69, 9.17) is 4.74 Å². The van der Waals surface area contributed by atoms with Gasteiger partial charge >= 0.3 is 5.97 Å². The minimum atomic E-state index is -0.103. The van der Waals surface area contributed by atoms with Gasteiger partial charge in [0.2, 0.25) is 0 Å². The molecular formula is C29H48O2. The Hall–Kier alpha value is -0.790. The van der Waals surface area contributed by atoms with Gasteiger partial charge in [-0.25, -0.2) is 0 Å². The van der Waals surface area contributed by atoms with E-state index in [1.54, 1.807) is 6.92 Å². The standard InChI is InChI=1S/C29H48O2/c1-19(2)8-7-9-20(3)25-12-13-26-24-11-10-22-18-23(31-21(4)30)14-16-28(22,5)27(24)15-17-29(25,26)6/h11,19-20,22-23,25-27H,7-10,12-18H2,1-6H3/t20-,22-,23+,25-,26+,27+,28+,29-/m1/s1. The summed E-state index contributed by atoms with van der Waals surface area (Å²) in [6, 6.07) is 0. The lowest BCUT2D eigenvalue weighted by atomic mass is 9.47. The molecule has 0 aromatic heterocycles. The summed E-state index contributed by atoms with van der Waals surface area (Å²) in [6.45, 7) is 14.1. The third-order valence-corrected chi connectivity index (χ3v) is 10.6. The first-order chi connectivity index (χ1) is 14.6. The number of fused-ring (bicyclic) bond motifs is 5. The Labute approximate surface area is 192 Å². The van der Waals surface area contributed by atoms with Gasteiger partial charge in [-0.05, 0) is 97.7 Å². The Balaban J connectivity index is 1.47. The highest BCUT2D eigenvalue weighted by Crippen LogP contribution is 2.67. The predicted octanol–water partition coefficient (Wildman–Crippen LogP) is 7.96. The number of esters is 1. The Kier molecular flexibility index (Phi) is 6.68. The van der Waals surface area contributed by atoms with Crippen molar-refractivity contribution < 1.29 is 9.53 Å². The van der Waals surface area contributed by atoms with E-state index in [2.05, 4.69) is 40.7 Å². The average molecular weight is 429 g/mol. The largest absolute Gasteiger partial charge is 0.463 e. The zero-order valence-electron chi connectivity index (χ0n) is 21.2. The van der Waals surface area contributed by atoms with E-state index < -0.39 is 0 Å². The van der Waals surface area contributed by atoms with E-state index in [1.165, 1.54) is 57.8 Å². The van der Waals surface area contributed by atoms with Crippen molar-refractivity contribution in [1.82, 2.24) is 0 Å². The molecule has 8 atom stereocenters. The van der Waals surface area contributed by atoms with Gasteiger partial charge in [0, 0.05) is 6.92 Å². The zero-order chi connectivity index (χ0) is 22.4. The topological polar surface area (TPSA) is 26.3 Å². The van der Waals surface area contributed by atoms with Crippen LogP contribution >= 0.6 is 0 Å². The number of carbonyl (C=O) groups excluding carboxylic acids is 1. The van der Waals surface area contributed by atoms with Crippen molar-refractivity contribution in [2.24, 2.45) is 46.3 Å². The lowest BCUT2D eigenvalue weighted by Crippen LogP contribution is -2.50. The van der Waals surface area contributed by atoms with E-state index in [9.17, 15) is 4.79 Å². The van der Waals surface area contributed by atoms with E-state index in [1.807, 2.05) is 5.57 Å². The Morgan fingerprint density at radius 1 is 1.03 bits per heavy atom. The molecule has 3 saturated carbocycles. The minimum Gasteiger partial charge on any atom is -0.463 e. The summed E-state index contributed by atoms with van der Waals surface area (Å²) in [6.07, 6.45) is 17.3. The molecule has 0 N–H and O–H groups in total. The molecule has 0 spiro atoms. The van der Waals surface area contributed by atoms with Crippen LogP contribution in [0.2, 0.25) is 0 Å². The van der Waals surface area contributed by atoms with Crippen LogP contribution < -0.4 is 0 Å². The van der Waals surface area contributed by atoms with Gasteiger partial charge in [0.15, 0.2) is 0 Å². The summed E-state index contributed by atoms with van der Waals surface area (Å²) in [5, 5.41) is 0. The van der Waals surface area contributed by atoms with Crippen LogP contribution in [-0.2, 0) is 9.53 Å². The predicted molar refractivity (Wildman–Crippen MR) is 129 cm³/mol. The smallest absolute Gasteiger partial charge is 0.302 e. The first kappa shape index (κ1) is 23.4. The second-order valence-electron chi connectivity index (χ2n) is 12.8. The van der Waals surface area contributed by atoms with Crippen LogP contribution in [0.3, 0.4) is 0 Å². The van der Waals surface area contributed by atoms with Crippen molar-refractivity contribution in [2.45, 2.75) is 118 Å². The summed E-state index contributed by atoms with van der Waals surface area (Å²) >= 11 is 0. The summed E-state index contributed by atoms with van der Waals surface area (Å²) in [4.78, 5) is 11.5. The molecule has 4 rings (SSSR count). The molecule has 31 heavy (non-hydrogen) atoms. The molecule has 0 aromatic carbocycles. The van der Waals surface area contributed by atoms with Crippen LogP contribution in [-0.4, -0.2) is 12.1 Å². The number of carbonyl (C=O) groups is 1. The van der Waals surface area contributed by atoms with Crippen LogP contribution in [0.4, 0.5) is 0 Å². The zero-order valence-corrected chi connectivity index (χ0v) is 21.2. The van der Waals surface area contributed by atoms with Crippen molar-refractivity contribution in [3.05, 3.63) is 11.6 Å². The highest BCUT2D eigenvalue weighted by Gasteiger charge is 2.58. The first-order valence-electron chi connectivity index (χ1n) is 13.5. The SMILES string of the molecule is CC(=O)O[C@H]1CC[C@@]2(C)[C@H](CC=C3[C@@H]2CC[C@]2(C)[C@@H]([C@H](C)CCCC(C)C)CC[C@@H]32)C1. The Morgan fingerprint density at radius 2 is 1.74 bits per heavy atom. The molecule has 2 nitrogen and oxygen atoms in total. The summed E-state index contributed by atoms with van der Waals surface area (Å²) < 4.78 is 5.63. The van der Waals surface area contributed by atoms with Crippen molar-refractivity contribution in [1.29, 1.82) is 0 Å². The maximum atomic E-state index is 11.5. The van der Waals surface area contributed by atoms with Crippen LogP contribution in [0.5, 0.6) is 0 Å². The van der Waals surface area contributed by atoms with Gasteiger partial charge in [0.05, 0.1) is 0 Å². The van der Waals surface area contributed by atoms with Gasteiger partial charge in [-0.2, -0.15) is 0 Å². The Bertz CT molecular complexity index is 693. The molecule has 0 bridgehead atoms. The molecule has 0 radical (unpaired) electrons. The normalized spacial score (nSPS) is 42.9. The van der Waals surface area contributed by atoms with Crippen molar-refractivity contribution in [3.8, 4) is 0 Å². The van der Waals surface area contributed by atoms with Crippen LogP contribution in [0.15, 0.2) is 11.6 Å². The molecule has 0 unspecified atom stereocenters. The van der Waals surface area contributed by atoms with E-state index in [-0.39, 0.29) is 12.1 Å². The quantitative estimate of drug-likeness (QED) is 0.317. The fraction of sp³-hybridized carbons (Fsp3) is 0.897. The van der Waals surface area contributed by atoms with Crippen molar-refractivity contribution in [2.75, 3.05) is 0 Å². The molecule has 4 aliphatic rings. The van der Waals surface area contributed by atoms with Crippen LogP contribution in [0, 0.1) is 46.3 Å². The van der Waals surface area contributed by atoms with Gasteiger partial charge in [-0.15, -0.1) is 0 Å². The van der Waals surface area contributed by atoms with Gasteiger partial charge in [0.25, 0.3) is 0 Å². The van der Waals surface area contributed by atoms with Gasteiger partial charge in [0.1, 0.15) is 6.10 Å². The second-order valence-corrected chi connectivity index (χ2v) is 12.8. The fourth-order valence-electron chi connectivity index (χ4n) is 8.84. The van der Waals surface area contributed by atoms with E-state index in [0.29, 0.717) is 16.7 Å². The van der Waals surface area contributed by atoms with Crippen molar-refractivity contribution >= 4 is 5.97 Å². The Morgan fingerprint density at radius 3 is 2.45 bits per heavy atom. The van der Waals surface area contributed by atoms with Crippen molar-refractivity contribution in [3.63, 3.8) is 0 Å². The number of hydrogen-bond donors (Lipinski definition) is 0. The van der Waals surface area contributed by atoms with Gasteiger partial charge < -0.3 is 4.74 Å². The molecule has 4 aliphatic carbocycles.